The normalized spacial score (nSPS) is 15.8. The summed E-state index contributed by atoms with van der Waals surface area (Å²) in [6.07, 6.45) is 2.50. The van der Waals surface area contributed by atoms with Gasteiger partial charge in [-0.05, 0) is 49.8 Å². The average Bonchev–Trinajstić information content (AvgIpc) is 2.83. The van der Waals surface area contributed by atoms with E-state index >= 15 is 0 Å². The van der Waals surface area contributed by atoms with Crippen molar-refractivity contribution in [2.45, 2.75) is 37.4 Å². The third-order valence-electron chi connectivity index (χ3n) is 6.00. The van der Waals surface area contributed by atoms with E-state index in [1.54, 1.807) is 29.2 Å². The molecule has 32 heavy (non-hydrogen) atoms. The van der Waals surface area contributed by atoms with Crippen molar-refractivity contribution in [1.82, 2.24) is 4.90 Å². The molecule has 8 heteroatoms. The Morgan fingerprint density at radius 1 is 1.00 bits per heavy atom. The summed E-state index contributed by atoms with van der Waals surface area (Å²) in [5, 5.41) is -0.579. The maximum atomic E-state index is 13.0. The van der Waals surface area contributed by atoms with E-state index in [-0.39, 0.29) is 11.7 Å². The highest BCUT2D eigenvalue weighted by Crippen LogP contribution is 2.24. The Balaban J connectivity index is 1.55. The Morgan fingerprint density at radius 3 is 2.19 bits per heavy atom. The van der Waals surface area contributed by atoms with Gasteiger partial charge in [-0.3, -0.25) is 9.59 Å². The molecule has 1 unspecified atom stereocenters. The molecule has 2 aromatic carbocycles. The number of hydrogen-bond acceptors (Lipinski definition) is 6. The van der Waals surface area contributed by atoms with Gasteiger partial charge in [0.1, 0.15) is 0 Å². The third-order valence-corrected chi connectivity index (χ3v) is 8.36. The molecule has 1 amide bonds. The predicted octanol–water partition coefficient (Wildman–Crippen LogP) is 2.76. The Labute approximate surface area is 189 Å². The fourth-order valence-corrected chi connectivity index (χ4v) is 6.23. The molecule has 1 fully saturated rings. The number of carbonyl (C=O) groups is 2. The highest BCUT2D eigenvalue weighted by atomic mass is 32.2. The summed E-state index contributed by atoms with van der Waals surface area (Å²) in [4.78, 5) is 30.8. The minimum atomic E-state index is -3.54. The number of carbonyl (C=O) groups excluding carboxylic acids is 2. The predicted molar refractivity (Wildman–Crippen MR) is 122 cm³/mol. The zero-order valence-electron chi connectivity index (χ0n) is 18.1. The molecule has 1 heterocycles. The second-order valence-electron chi connectivity index (χ2n) is 8.20. The lowest BCUT2D eigenvalue weighted by Crippen LogP contribution is -2.44. The first-order valence-electron chi connectivity index (χ1n) is 10.9. The van der Waals surface area contributed by atoms with Crippen LogP contribution in [0.5, 0.6) is 0 Å². The van der Waals surface area contributed by atoms with Crippen LogP contribution in [-0.4, -0.2) is 49.3 Å². The van der Waals surface area contributed by atoms with Gasteiger partial charge in [0.05, 0.1) is 16.9 Å². The number of likely N-dealkylation sites (tertiary alicyclic amines) is 1. The fourth-order valence-electron chi connectivity index (χ4n) is 4.16. The van der Waals surface area contributed by atoms with Crippen molar-refractivity contribution >= 4 is 21.7 Å². The minimum absolute atomic E-state index is 0.0908. The van der Waals surface area contributed by atoms with Crippen LogP contribution >= 0.6 is 0 Å². The summed E-state index contributed by atoms with van der Waals surface area (Å²) in [7, 11) is -3.54. The fraction of sp³-hybridized carbons (Fsp3) is 0.417. The molecule has 0 saturated carbocycles. The van der Waals surface area contributed by atoms with E-state index in [2.05, 4.69) is 4.84 Å². The molecule has 7 nitrogen and oxygen atoms in total. The molecule has 1 aliphatic rings. The van der Waals surface area contributed by atoms with Gasteiger partial charge in [0.15, 0.2) is 9.84 Å². The lowest BCUT2D eigenvalue weighted by Gasteiger charge is -2.32. The number of hydrogen-bond donors (Lipinski definition) is 1. The van der Waals surface area contributed by atoms with Crippen LogP contribution in [0.25, 0.3) is 0 Å². The molecule has 0 bridgehead atoms. The summed E-state index contributed by atoms with van der Waals surface area (Å²) in [5.41, 5.74) is 1.73. The Hall–Kier alpha value is -2.71. The van der Waals surface area contributed by atoms with E-state index in [1.807, 2.05) is 36.4 Å². The van der Waals surface area contributed by atoms with Crippen molar-refractivity contribution in [2.75, 3.05) is 18.8 Å². The first-order chi connectivity index (χ1) is 15.4. The summed E-state index contributed by atoms with van der Waals surface area (Å²) in [6, 6.07) is 18.8. The highest BCUT2D eigenvalue weighted by molar-refractivity contribution is 7.92. The number of nitrogens with two attached hydrogens (primary N) is 1. The molecular formula is C24H30N2O5S. The van der Waals surface area contributed by atoms with Crippen molar-refractivity contribution < 1.29 is 22.8 Å². The summed E-state index contributed by atoms with van der Waals surface area (Å²) in [6.45, 7) is 0.745. The molecule has 0 aliphatic carbocycles. The number of piperidine rings is 1. The van der Waals surface area contributed by atoms with Gasteiger partial charge >= 0.3 is 5.97 Å². The molecule has 1 aliphatic heterocycles. The van der Waals surface area contributed by atoms with Crippen molar-refractivity contribution in [3.05, 3.63) is 71.8 Å². The second-order valence-corrected chi connectivity index (χ2v) is 10.5. The zero-order chi connectivity index (χ0) is 23.0. The van der Waals surface area contributed by atoms with Gasteiger partial charge in [-0.1, -0.05) is 48.5 Å². The molecule has 0 spiro atoms. The number of nitrogens with zero attached hydrogens (tertiary/aromatic N) is 1. The Morgan fingerprint density at radius 2 is 1.59 bits per heavy atom. The SMILES string of the molecule is NOC(=O)C(CCCc1ccccc1)CS(=O)(=O)C1CCN(C(=O)c2ccccc2)CC1. The van der Waals surface area contributed by atoms with Gasteiger partial charge in [0.25, 0.3) is 5.91 Å². The highest BCUT2D eigenvalue weighted by Gasteiger charge is 2.35. The molecule has 2 N–H and O–H groups in total. The number of benzene rings is 2. The summed E-state index contributed by atoms with van der Waals surface area (Å²) in [5.74, 6) is 3.21. The molecule has 0 radical (unpaired) electrons. The quantitative estimate of drug-likeness (QED) is 0.579. The molecular weight excluding hydrogens is 428 g/mol. The molecule has 1 saturated heterocycles. The Kier molecular flexibility index (Phi) is 8.41. The number of sulfone groups is 1. The van der Waals surface area contributed by atoms with Crippen molar-refractivity contribution in [3.63, 3.8) is 0 Å². The van der Waals surface area contributed by atoms with Gasteiger partial charge in [-0.25, -0.2) is 8.42 Å². The molecule has 1 atom stereocenters. The van der Waals surface area contributed by atoms with Crippen LogP contribution in [-0.2, 0) is 25.9 Å². The van der Waals surface area contributed by atoms with E-state index in [1.165, 1.54) is 0 Å². The van der Waals surface area contributed by atoms with E-state index in [4.69, 9.17) is 5.90 Å². The van der Waals surface area contributed by atoms with Crippen molar-refractivity contribution in [2.24, 2.45) is 11.8 Å². The number of amides is 1. The van der Waals surface area contributed by atoms with Gasteiger partial charge in [0.2, 0.25) is 0 Å². The number of rotatable bonds is 9. The molecule has 3 rings (SSSR count). The van der Waals surface area contributed by atoms with Crippen LogP contribution < -0.4 is 5.90 Å². The smallest absolute Gasteiger partial charge is 0.328 e. The van der Waals surface area contributed by atoms with Gasteiger partial charge in [0, 0.05) is 18.7 Å². The maximum absolute atomic E-state index is 13.0. The Bertz CT molecular complexity index is 988. The van der Waals surface area contributed by atoms with Crippen molar-refractivity contribution in [1.29, 1.82) is 0 Å². The first-order valence-corrected chi connectivity index (χ1v) is 12.6. The monoisotopic (exact) mass is 458 g/mol. The zero-order valence-corrected chi connectivity index (χ0v) is 18.9. The maximum Gasteiger partial charge on any atom is 0.328 e. The lowest BCUT2D eigenvalue weighted by molar-refractivity contribution is -0.148. The van der Waals surface area contributed by atoms with Crippen LogP contribution in [0.2, 0.25) is 0 Å². The van der Waals surface area contributed by atoms with Crippen molar-refractivity contribution in [3.8, 4) is 0 Å². The van der Waals surface area contributed by atoms with Crippen LogP contribution in [0, 0.1) is 5.92 Å². The van der Waals surface area contributed by atoms with Gasteiger partial charge in [-0.2, -0.15) is 5.90 Å². The molecule has 2 aromatic rings. The van der Waals surface area contributed by atoms with E-state index < -0.39 is 27.0 Å². The van der Waals surface area contributed by atoms with Gasteiger partial charge in [-0.15, -0.1) is 0 Å². The largest absolute Gasteiger partial charge is 0.373 e. The van der Waals surface area contributed by atoms with E-state index in [9.17, 15) is 18.0 Å². The van der Waals surface area contributed by atoms with Gasteiger partial charge < -0.3 is 9.74 Å². The first kappa shape index (κ1) is 23.9. The van der Waals surface area contributed by atoms with Crippen LogP contribution in [0.1, 0.15) is 41.6 Å². The molecule has 0 aromatic heterocycles. The standard InChI is InChI=1S/C24H30N2O5S/c25-31-24(28)21(13-7-10-19-8-3-1-4-9-19)18-32(29,30)22-14-16-26(17-15-22)23(27)20-11-5-2-6-12-20/h1-6,8-9,11-12,21-22H,7,10,13-18,25H2. The third kappa shape index (κ3) is 6.40. The van der Waals surface area contributed by atoms with Crippen LogP contribution in [0.3, 0.4) is 0 Å². The van der Waals surface area contributed by atoms with Crippen LogP contribution in [0.15, 0.2) is 60.7 Å². The lowest BCUT2D eigenvalue weighted by atomic mass is 10.0. The average molecular weight is 459 g/mol. The topological polar surface area (TPSA) is 107 Å². The summed E-state index contributed by atoms with van der Waals surface area (Å²) >= 11 is 0. The van der Waals surface area contributed by atoms with E-state index in [0.29, 0.717) is 44.3 Å². The second kappa shape index (κ2) is 11.2. The van der Waals surface area contributed by atoms with E-state index in [0.717, 1.165) is 12.0 Å². The minimum Gasteiger partial charge on any atom is -0.373 e. The summed E-state index contributed by atoms with van der Waals surface area (Å²) < 4.78 is 26.1. The van der Waals surface area contributed by atoms with Crippen LogP contribution in [0.4, 0.5) is 0 Å². The number of aryl methyl sites for hydroxylation is 1. The molecule has 172 valence electrons.